The van der Waals surface area contributed by atoms with Crippen LogP contribution in [0.2, 0.25) is 5.02 Å². The van der Waals surface area contributed by atoms with E-state index in [-0.39, 0.29) is 17.3 Å². The van der Waals surface area contributed by atoms with Gasteiger partial charge in [0.1, 0.15) is 0 Å². The maximum absolute atomic E-state index is 12.0. The number of benzene rings is 2. The Labute approximate surface area is 155 Å². The van der Waals surface area contributed by atoms with Crippen molar-refractivity contribution in [2.24, 2.45) is 0 Å². The Kier molecular flexibility index (Phi) is 6.30. The molecule has 2 rings (SSSR count). The molecule has 136 valence electrons. The quantitative estimate of drug-likeness (QED) is 0.472. The molecule has 0 saturated carbocycles. The maximum atomic E-state index is 12.0. The first-order valence-corrected chi connectivity index (χ1v) is 8.12. The molecule has 26 heavy (non-hydrogen) atoms. The number of hydrogen-bond donors (Lipinski definition) is 1. The monoisotopic (exact) mass is 376 g/mol. The normalized spacial score (nSPS) is 11.5. The zero-order chi connectivity index (χ0) is 19.3. The van der Waals surface area contributed by atoms with Crippen molar-refractivity contribution in [3.63, 3.8) is 0 Å². The van der Waals surface area contributed by atoms with Crippen molar-refractivity contribution in [3.05, 3.63) is 74.3 Å². The fourth-order valence-corrected chi connectivity index (χ4v) is 2.45. The van der Waals surface area contributed by atoms with Gasteiger partial charge in [-0.25, -0.2) is 4.79 Å². The third-order valence-corrected chi connectivity index (χ3v) is 3.96. The van der Waals surface area contributed by atoms with Crippen molar-refractivity contribution < 1.29 is 19.2 Å². The third-order valence-electron chi connectivity index (χ3n) is 3.71. The number of carbonyl (C=O) groups excluding carboxylic acids is 2. The summed E-state index contributed by atoms with van der Waals surface area (Å²) >= 11 is 5.82. The molecule has 0 aliphatic rings. The van der Waals surface area contributed by atoms with Gasteiger partial charge in [0, 0.05) is 16.7 Å². The highest BCUT2D eigenvalue weighted by Crippen LogP contribution is 2.19. The highest BCUT2D eigenvalue weighted by atomic mass is 35.5. The van der Waals surface area contributed by atoms with Gasteiger partial charge in [0.05, 0.1) is 16.5 Å². The molecular weight excluding hydrogens is 360 g/mol. The molecule has 1 N–H and O–H groups in total. The number of amides is 1. The van der Waals surface area contributed by atoms with Crippen molar-refractivity contribution >= 4 is 29.2 Å². The molecule has 0 spiro atoms. The second-order valence-electron chi connectivity index (χ2n) is 5.68. The molecule has 0 aromatic heterocycles. The molecule has 8 heteroatoms. The Bertz CT molecular complexity index is 836. The predicted octanol–water partition coefficient (Wildman–Crippen LogP) is 3.59. The Morgan fingerprint density at radius 3 is 2.46 bits per heavy atom. The Balaban J connectivity index is 1.90. The SMILES string of the molecule is Cc1cc(C(=O)OCC(=O)N[C@@H](C)c2ccc(Cl)cc2)ccc1[N+](=O)[O-]. The number of rotatable bonds is 6. The minimum Gasteiger partial charge on any atom is -0.452 e. The van der Waals surface area contributed by atoms with E-state index in [1.165, 1.54) is 25.1 Å². The van der Waals surface area contributed by atoms with Crippen LogP contribution in [0.5, 0.6) is 0 Å². The summed E-state index contributed by atoms with van der Waals surface area (Å²) in [7, 11) is 0. The Morgan fingerprint density at radius 1 is 1.23 bits per heavy atom. The number of esters is 1. The van der Waals surface area contributed by atoms with Gasteiger partial charge in [-0.15, -0.1) is 0 Å². The van der Waals surface area contributed by atoms with Crippen LogP contribution in [0.25, 0.3) is 0 Å². The van der Waals surface area contributed by atoms with E-state index in [4.69, 9.17) is 16.3 Å². The van der Waals surface area contributed by atoms with Crippen molar-refractivity contribution in [2.45, 2.75) is 19.9 Å². The van der Waals surface area contributed by atoms with Crippen molar-refractivity contribution in [1.82, 2.24) is 5.32 Å². The summed E-state index contributed by atoms with van der Waals surface area (Å²) in [6, 6.07) is 10.6. The summed E-state index contributed by atoms with van der Waals surface area (Å²) in [5.41, 5.74) is 1.26. The van der Waals surface area contributed by atoms with E-state index >= 15 is 0 Å². The molecule has 1 amide bonds. The molecule has 0 aliphatic heterocycles. The average Bonchev–Trinajstić information content (AvgIpc) is 2.59. The van der Waals surface area contributed by atoms with E-state index in [1.807, 2.05) is 0 Å². The number of nitro benzene ring substituents is 1. The van der Waals surface area contributed by atoms with Gasteiger partial charge in [0.15, 0.2) is 6.61 Å². The summed E-state index contributed by atoms with van der Waals surface area (Å²) in [4.78, 5) is 34.2. The Morgan fingerprint density at radius 2 is 1.88 bits per heavy atom. The molecule has 0 unspecified atom stereocenters. The highest BCUT2D eigenvalue weighted by Gasteiger charge is 2.16. The fraction of sp³-hybridized carbons (Fsp3) is 0.222. The lowest BCUT2D eigenvalue weighted by Gasteiger charge is -2.14. The summed E-state index contributed by atoms with van der Waals surface area (Å²) in [6.45, 7) is 2.87. The number of carbonyl (C=O) groups is 2. The maximum Gasteiger partial charge on any atom is 0.338 e. The summed E-state index contributed by atoms with van der Waals surface area (Å²) in [5.74, 6) is -1.18. The topological polar surface area (TPSA) is 98.5 Å². The molecule has 0 radical (unpaired) electrons. The van der Waals surface area contributed by atoms with Gasteiger partial charge in [-0.2, -0.15) is 0 Å². The van der Waals surface area contributed by atoms with Crippen LogP contribution in [-0.2, 0) is 9.53 Å². The summed E-state index contributed by atoms with van der Waals surface area (Å²) in [6.07, 6.45) is 0. The number of ether oxygens (including phenoxy) is 1. The smallest absolute Gasteiger partial charge is 0.338 e. The minimum absolute atomic E-state index is 0.0870. The van der Waals surface area contributed by atoms with E-state index in [0.29, 0.717) is 10.6 Å². The lowest BCUT2D eigenvalue weighted by Crippen LogP contribution is -2.31. The van der Waals surface area contributed by atoms with Gasteiger partial charge in [-0.05, 0) is 43.7 Å². The number of nitrogens with one attached hydrogen (secondary N) is 1. The second-order valence-corrected chi connectivity index (χ2v) is 6.11. The summed E-state index contributed by atoms with van der Waals surface area (Å²) in [5, 5.41) is 14.1. The lowest BCUT2D eigenvalue weighted by atomic mass is 10.1. The standard InChI is InChI=1S/C18H17ClN2O5/c1-11-9-14(5-8-16(11)21(24)25)18(23)26-10-17(22)20-12(2)13-3-6-15(19)7-4-13/h3-9,12H,10H2,1-2H3,(H,20,22)/t12-/m0/s1. The van der Waals surface area contributed by atoms with Gasteiger partial charge in [-0.3, -0.25) is 14.9 Å². The molecule has 1 atom stereocenters. The lowest BCUT2D eigenvalue weighted by molar-refractivity contribution is -0.385. The molecule has 0 saturated heterocycles. The number of nitro groups is 1. The van der Waals surface area contributed by atoms with Crippen LogP contribution in [0.3, 0.4) is 0 Å². The van der Waals surface area contributed by atoms with Gasteiger partial charge in [0.2, 0.25) is 0 Å². The van der Waals surface area contributed by atoms with E-state index in [1.54, 1.807) is 31.2 Å². The van der Waals surface area contributed by atoms with E-state index in [2.05, 4.69) is 5.32 Å². The van der Waals surface area contributed by atoms with Gasteiger partial charge in [-0.1, -0.05) is 23.7 Å². The zero-order valence-corrected chi connectivity index (χ0v) is 14.9. The molecule has 0 heterocycles. The van der Waals surface area contributed by atoms with E-state index in [0.717, 1.165) is 5.56 Å². The minimum atomic E-state index is -0.725. The first kappa shape index (κ1) is 19.4. The summed E-state index contributed by atoms with van der Waals surface area (Å²) < 4.78 is 4.96. The van der Waals surface area contributed by atoms with Crippen LogP contribution in [0, 0.1) is 17.0 Å². The van der Waals surface area contributed by atoms with Gasteiger partial charge >= 0.3 is 5.97 Å². The molecule has 0 fully saturated rings. The predicted molar refractivity (Wildman–Crippen MR) is 96.1 cm³/mol. The van der Waals surface area contributed by atoms with Crippen LogP contribution in [0.15, 0.2) is 42.5 Å². The van der Waals surface area contributed by atoms with Crippen LogP contribution in [-0.4, -0.2) is 23.4 Å². The number of hydrogen-bond acceptors (Lipinski definition) is 5. The molecule has 0 bridgehead atoms. The van der Waals surface area contributed by atoms with Crippen LogP contribution in [0.4, 0.5) is 5.69 Å². The van der Waals surface area contributed by atoms with Crippen molar-refractivity contribution in [3.8, 4) is 0 Å². The van der Waals surface area contributed by atoms with E-state index < -0.39 is 23.4 Å². The first-order chi connectivity index (χ1) is 12.3. The number of aryl methyl sites for hydroxylation is 1. The molecule has 0 aliphatic carbocycles. The largest absolute Gasteiger partial charge is 0.452 e. The Hall–Kier alpha value is -2.93. The third kappa shape index (κ3) is 5.03. The zero-order valence-electron chi connectivity index (χ0n) is 14.2. The van der Waals surface area contributed by atoms with E-state index in [9.17, 15) is 19.7 Å². The van der Waals surface area contributed by atoms with Crippen LogP contribution >= 0.6 is 11.6 Å². The second kappa shape index (κ2) is 8.44. The van der Waals surface area contributed by atoms with Gasteiger partial charge < -0.3 is 10.1 Å². The highest BCUT2D eigenvalue weighted by molar-refractivity contribution is 6.30. The first-order valence-electron chi connectivity index (χ1n) is 7.75. The van der Waals surface area contributed by atoms with Crippen LogP contribution in [0.1, 0.15) is 34.5 Å². The molecular formula is C18H17ClN2O5. The number of halogens is 1. The number of nitrogens with zero attached hydrogens (tertiary/aromatic N) is 1. The fourth-order valence-electron chi connectivity index (χ4n) is 2.32. The van der Waals surface area contributed by atoms with Crippen molar-refractivity contribution in [2.75, 3.05) is 6.61 Å². The average molecular weight is 377 g/mol. The van der Waals surface area contributed by atoms with Crippen molar-refractivity contribution in [1.29, 1.82) is 0 Å². The molecule has 2 aromatic carbocycles. The van der Waals surface area contributed by atoms with Gasteiger partial charge in [0.25, 0.3) is 11.6 Å². The molecule has 2 aromatic rings. The molecule has 7 nitrogen and oxygen atoms in total. The van der Waals surface area contributed by atoms with Crippen LogP contribution < -0.4 is 5.32 Å².